The number of aryl methyl sites for hydroxylation is 1. The summed E-state index contributed by atoms with van der Waals surface area (Å²) in [7, 11) is 0. The Morgan fingerprint density at radius 3 is 2.82 bits per heavy atom. The third-order valence-corrected chi connectivity index (χ3v) is 5.59. The highest BCUT2D eigenvalue weighted by molar-refractivity contribution is 6.00. The zero-order valence-corrected chi connectivity index (χ0v) is 16.1. The van der Waals surface area contributed by atoms with E-state index < -0.39 is 0 Å². The molecule has 0 spiro atoms. The number of carbonyl (C=O) groups excluding carboxylic acids is 2. The van der Waals surface area contributed by atoms with Crippen molar-refractivity contribution >= 4 is 17.6 Å². The first-order valence-corrected chi connectivity index (χ1v) is 9.67. The first-order valence-electron chi connectivity index (χ1n) is 9.67. The van der Waals surface area contributed by atoms with E-state index in [9.17, 15) is 14.0 Å². The van der Waals surface area contributed by atoms with Gasteiger partial charge >= 0.3 is 0 Å². The van der Waals surface area contributed by atoms with E-state index in [-0.39, 0.29) is 36.5 Å². The minimum Gasteiger partial charge on any atom is -0.342 e. The van der Waals surface area contributed by atoms with E-state index >= 15 is 0 Å². The summed E-state index contributed by atoms with van der Waals surface area (Å²) in [4.78, 5) is 37.3. The van der Waals surface area contributed by atoms with E-state index in [2.05, 4.69) is 4.98 Å². The molecule has 1 unspecified atom stereocenters. The lowest BCUT2D eigenvalue weighted by atomic mass is 10.1. The summed E-state index contributed by atoms with van der Waals surface area (Å²) in [6, 6.07) is 6.47. The van der Waals surface area contributed by atoms with Gasteiger partial charge in [-0.05, 0) is 19.4 Å². The highest BCUT2D eigenvalue weighted by Gasteiger charge is 2.34. The minimum absolute atomic E-state index is 0.0607. The summed E-state index contributed by atoms with van der Waals surface area (Å²) in [6.07, 6.45) is 1.54. The Morgan fingerprint density at radius 2 is 2.07 bits per heavy atom. The molecule has 0 aliphatic carbocycles. The van der Waals surface area contributed by atoms with E-state index in [0.717, 1.165) is 17.7 Å². The molecule has 0 radical (unpaired) electrons. The van der Waals surface area contributed by atoms with Crippen LogP contribution in [0.25, 0.3) is 0 Å². The van der Waals surface area contributed by atoms with Gasteiger partial charge in [-0.2, -0.15) is 0 Å². The number of hydrogen-bond acceptors (Lipinski definition) is 4. The number of likely N-dealkylation sites (tertiary alicyclic amines) is 1. The zero-order valence-electron chi connectivity index (χ0n) is 16.1. The molecule has 28 heavy (non-hydrogen) atoms. The second-order valence-corrected chi connectivity index (χ2v) is 7.40. The molecule has 2 aliphatic rings. The number of nitrogens with zero attached hydrogens (tertiary/aromatic N) is 4. The van der Waals surface area contributed by atoms with Crippen LogP contribution < -0.4 is 4.90 Å². The van der Waals surface area contributed by atoms with Gasteiger partial charge < -0.3 is 4.90 Å². The lowest BCUT2D eigenvalue weighted by Crippen LogP contribution is -2.28. The second-order valence-electron chi connectivity index (χ2n) is 7.40. The Kier molecular flexibility index (Phi) is 4.83. The SMILES string of the molecule is CCC(=O)N1CCC(c2nc(C)c3c(n2)N(Cc2ccccc2F)C(=O)C3)C1. The van der Waals surface area contributed by atoms with Gasteiger partial charge in [-0.25, -0.2) is 14.4 Å². The lowest BCUT2D eigenvalue weighted by molar-refractivity contribution is -0.129. The Balaban J connectivity index is 1.63. The number of amides is 2. The van der Waals surface area contributed by atoms with Crippen molar-refractivity contribution < 1.29 is 14.0 Å². The smallest absolute Gasteiger partial charge is 0.233 e. The van der Waals surface area contributed by atoms with Crippen molar-refractivity contribution in [3.63, 3.8) is 0 Å². The maximum absolute atomic E-state index is 14.1. The first-order chi connectivity index (χ1) is 13.5. The van der Waals surface area contributed by atoms with Gasteiger partial charge in [0.15, 0.2) is 0 Å². The van der Waals surface area contributed by atoms with Crippen molar-refractivity contribution in [1.29, 1.82) is 0 Å². The van der Waals surface area contributed by atoms with Gasteiger partial charge in [0.2, 0.25) is 11.8 Å². The van der Waals surface area contributed by atoms with Crippen LogP contribution in [0.1, 0.15) is 48.3 Å². The van der Waals surface area contributed by atoms with Crippen molar-refractivity contribution in [1.82, 2.24) is 14.9 Å². The first kappa shape index (κ1) is 18.5. The number of hydrogen-bond donors (Lipinski definition) is 0. The molecule has 1 aromatic carbocycles. The average Bonchev–Trinajstić information content (AvgIpc) is 3.29. The third-order valence-electron chi connectivity index (χ3n) is 5.59. The van der Waals surface area contributed by atoms with Crippen molar-refractivity contribution in [2.45, 2.75) is 45.6 Å². The van der Waals surface area contributed by atoms with E-state index in [0.29, 0.717) is 36.7 Å². The highest BCUT2D eigenvalue weighted by atomic mass is 19.1. The quantitative estimate of drug-likeness (QED) is 0.816. The molecule has 0 N–H and O–H groups in total. The number of rotatable bonds is 4. The summed E-state index contributed by atoms with van der Waals surface area (Å²) in [5.74, 6) is 1.01. The molecule has 1 aromatic heterocycles. The van der Waals surface area contributed by atoms with Crippen LogP contribution in [-0.4, -0.2) is 39.8 Å². The molecule has 2 amide bonds. The van der Waals surface area contributed by atoms with E-state index in [4.69, 9.17) is 4.98 Å². The van der Waals surface area contributed by atoms with Crippen LogP contribution in [0.2, 0.25) is 0 Å². The summed E-state index contributed by atoms with van der Waals surface area (Å²) < 4.78 is 14.1. The number of fused-ring (bicyclic) bond motifs is 1. The topological polar surface area (TPSA) is 66.4 Å². The average molecular weight is 382 g/mol. The molecule has 2 aliphatic heterocycles. The molecule has 7 heteroatoms. The Hall–Kier alpha value is -2.83. The molecule has 1 saturated heterocycles. The molecule has 1 fully saturated rings. The van der Waals surface area contributed by atoms with Crippen molar-refractivity contribution in [3.05, 3.63) is 52.7 Å². The van der Waals surface area contributed by atoms with Crippen LogP contribution in [0, 0.1) is 12.7 Å². The fraction of sp³-hybridized carbons (Fsp3) is 0.429. The summed E-state index contributed by atoms with van der Waals surface area (Å²) in [5.41, 5.74) is 2.05. The fourth-order valence-corrected chi connectivity index (χ4v) is 3.96. The van der Waals surface area contributed by atoms with Crippen molar-refractivity contribution in [3.8, 4) is 0 Å². The second kappa shape index (κ2) is 7.30. The Labute approximate surface area is 163 Å². The Morgan fingerprint density at radius 1 is 1.29 bits per heavy atom. The molecule has 1 atom stereocenters. The molecule has 2 aromatic rings. The van der Waals surface area contributed by atoms with E-state index in [1.165, 1.54) is 6.07 Å². The number of carbonyl (C=O) groups is 2. The van der Waals surface area contributed by atoms with E-state index in [1.807, 2.05) is 18.7 Å². The molecule has 0 saturated carbocycles. The molecule has 6 nitrogen and oxygen atoms in total. The molecule has 3 heterocycles. The third kappa shape index (κ3) is 3.25. The largest absolute Gasteiger partial charge is 0.342 e. The number of benzene rings is 1. The minimum atomic E-state index is -0.334. The van der Waals surface area contributed by atoms with Crippen LogP contribution >= 0.6 is 0 Å². The number of aromatic nitrogens is 2. The van der Waals surface area contributed by atoms with Gasteiger partial charge in [0.25, 0.3) is 0 Å². The van der Waals surface area contributed by atoms with Crippen molar-refractivity contribution in [2.75, 3.05) is 18.0 Å². The summed E-state index contributed by atoms with van der Waals surface area (Å²) in [6.45, 7) is 5.20. The fourth-order valence-electron chi connectivity index (χ4n) is 3.96. The number of anilines is 1. The molecule has 146 valence electrons. The van der Waals surface area contributed by atoms with E-state index in [1.54, 1.807) is 23.1 Å². The van der Waals surface area contributed by atoms with Crippen LogP contribution in [-0.2, 0) is 22.6 Å². The predicted octanol–water partition coefficient (Wildman–Crippen LogP) is 2.74. The summed E-state index contributed by atoms with van der Waals surface area (Å²) in [5, 5.41) is 0. The normalized spacial score (nSPS) is 18.7. The standard InChI is InChI=1S/C21H23FN4O2/c1-3-18(27)25-9-8-15(11-25)20-23-13(2)16-10-19(28)26(21(16)24-20)12-14-6-4-5-7-17(14)22/h4-7,15H,3,8-12H2,1-2H3. The number of halogens is 1. The Bertz CT molecular complexity index is 946. The lowest BCUT2D eigenvalue weighted by Gasteiger charge is -2.19. The van der Waals surface area contributed by atoms with Gasteiger partial charge in [-0.15, -0.1) is 0 Å². The van der Waals surface area contributed by atoms with Gasteiger partial charge in [0.1, 0.15) is 17.5 Å². The monoisotopic (exact) mass is 382 g/mol. The molecule has 4 rings (SSSR count). The maximum Gasteiger partial charge on any atom is 0.233 e. The highest BCUT2D eigenvalue weighted by Crippen LogP contribution is 2.34. The zero-order chi connectivity index (χ0) is 19.8. The van der Waals surface area contributed by atoms with Crippen molar-refractivity contribution in [2.24, 2.45) is 0 Å². The molecular weight excluding hydrogens is 359 g/mol. The van der Waals surface area contributed by atoms with Crippen LogP contribution in [0.15, 0.2) is 24.3 Å². The van der Waals surface area contributed by atoms with Gasteiger partial charge in [-0.1, -0.05) is 25.1 Å². The molecular formula is C21H23FN4O2. The van der Waals surface area contributed by atoms with Gasteiger partial charge in [0.05, 0.1) is 13.0 Å². The van der Waals surface area contributed by atoms with Crippen LogP contribution in [0.4, 0.5) is 10.2 Å². The molecule has 0 bridgehead atoms. The maximum atomic E-state index is 14.1. The van der Waals surface area contributed by atoms with Crippen LogP contribution in [0.5, 0.6) is 0 Å². The summed E-state index contributed by atoms with van der Waals surface area (Å²) >= 11 is 0. The van der Waals surface area contributed by atoms with Gasteiger partial charge in [0, 0.05) is 42.2 Å². The van der Waals surface area contributed by atoms with Gasteiger partial charge in [-0.3, -0.25) is 14.5 Å². The van der Waals surface area contributed by atoms with Crippen LogP contribution in [0.3, 0.4) is 0 Å². The predicted molar refractivity (Wildman–Crippen MR) is 102 cm³/mol.